The predicted molar refractivity (Wildman–Crippen MR) is 47.5 cm³/mol. The maximum absolute atomic E-state index is 9.34. The van der Waals surface area contributed by atoms with Crippen molar-refractivity contribution in [1.29, 1.82) is 0 Å². The van der Waals surface area contributed by atoms with Gasteiger partial charge in [0.15, 0.2) is 0 Å². The minimum absolute atomic E-state index is 0.510. The number of hydrogen-bond donors (Lipinski definition) is 2. The third kappa shape index (κ3) is 1.79. The largest absolute Gasteiger partial charge is 0.386 e. The van der Waals surface area contributed by atoms with Crippen LogP contribution in [0.3, 0.4) is 0 Å². The quantitative estimate of drug-likeness (QED) is 0.654. The van der Waals surface area contributed by atoms with Crippen molar-refractivity contribution in [3.05, 3.63) is 22.1 Å². The zero-order valence-corrected chi connectivity index (χ0v) is 7.56. The second-order valence-corrected chi connectivity index (χ2v) is 3.47. The molecule has 0 spiro atoms. The fourth-order valence-corrected chi connectivity index (χ4v) is 1.95. The summed E-state index contributed by atoms with van der Waals surface area (Å²) >= 11 is 7.10. The summed E-state index contributed by atoms with van der Waals surface area (Å²) in [6.07, 6.45) is 3.21. The molecular weight excluding hydrogens is 184 g/mol. The van der Waals surface area contributed by atoms with Crippen molar-refractivity contribution in [3.8, 4) is 0 Å². The lowest BCUT2D eigenvalue weighted by Crippen LogP contribution is -2.27. The fraction of sp³-hybridized carbons (Fsp3) is 0.429. The highest BCUT2D eigenvalue weighted by Crippen LogP contribution is 2.29. The van der Waals surface area contributed by atoms with Crippen LogP contribution in [0.25, 0.3) is 0 Å². The maximum Gasteiger partial charge on any atom is 0.116 e. The third-order valence-corrected chi connectivity index (χ3v) is 2.83. The van der Waals surface area contributed by atoms with Gasteiger partial charge < -0.3 is 10.2 Å². The van der Waals surface area contributed by atoms with Crippen LogP contribution in [0.15, 0.2) is 22.1 Å². The molecule has 0 radical (unpaired) electrons. The monoisotopic (exact) mass is 192 g/mol. The topological polar surface area (TPSA) is 40.5 Å². The van der Waals surface area contributed by atoms with Gasteiger partial charge in [-0.15, -0.1) is 11.8 Å². The first kappa shape index (κ1) is 9.13. The van der Waals surface area contributed by atoms with Crippen molar-refractivity contribution in [3.63, 3.8) is 0 Å². The van der Waals surface area contributed by atoms with E-state index in [1.165, 1.54) is 17.8 Å². The lowest BCUT2D eigenvalue weighted by atomic mass is 10.1. The van der Waals surface area contributed by atoms with Crippen LogP contribution in [-0.2, 0) is 0 Å². The number of thioether (sulfide) groups is 1. The van der Waals surface area contributed by atoms with Gasteiger partial charge in [0.05, 0.1) is 5.03 Å². The molecule has 62 valence electrons. The van der Waals surface area contributed by atoms with Crippen molar-refractivity contribution in [1.82, 2.24) is 0 Å². The Bertz CT molecular complexity index is 212. The Morgan fingerprint density at radius 2 is 2.18 bits per heavy atom. The van der Waals surface area contributed by atoms with E-state index in [0.29, 0.717) is 9.94 Å². The molecule has 0 heterocycles. The summed E-state index contributed by atoms with van der Waals surface area (Å²) in [6, 6.07) is 0. The summed E-state index contributed by atoms with van der Waals surface area (Å²) in [7, 11) is 0. The average Bonchev–Trinajstić information content (AvgIpc) is 1.99. The molecule has 0 aliphatic heterocycles. The molecule has 0 amide bonds. The Labute approximate surface area is 74.6 Å². The van der Waals surface area contributed by atoms with E-state index in [2.05, 4.69) is 0 Å². The number of allylic oxidation sites excluding steroid dienone is 2. The van der Waals surface area contributed by atoms with Crippen LogP contribution >= 0.6 is 23.4 Å². The van der Waals surface area contributed by atoms with Gasteiger partial charge in [-0.05, 0) is 12.3 Å². The van der Waals surface area contributed by atoms with Gasteiger partial charge in [-0.25, -0.2) is 0 Å². The molecular formula is C7H9ClO2S. The fourth-order valence-electron chi connectivity index (χ4n) is 0.885. The van der Waals surface area contributed by atoms with E-state index in [0.717, 1.165) is 0 Å². The van der Waals surface area contributed by atoms with Crippen molar-refractivity contribution in [2.45, 2.75) is 12.2 Å². The summed E-state index contributed by atoms with van der Waals surface area (Å²) in [4.78, 5) is 0.627. The highest BCUT2D eigenvalue weighted by atomic mass is 35.5. The van der Waals surface area contributed by atoms with Crippen LogP contribution in [0.5, 0.6) is 0 Å². The zero-order valence-electron chi connectivity index (χ0n) is 5.99. The molecule has 11 heavy (non-hydrogen) atoms. The van der Waals surface area contributed by atoms with Crippen molar-refractivity contribution in [2.24, 2.45) is 0 Å². The maximum atomic E-state index is 9.34. The van der Waals surface area contributed by atoms with Crippen LogP contribution < -0.4 is 0 Å². The van der Waals surface area contributed by atoms with Gasteiger partial charge >= 0.3 is 0 Å². The van der Waals surface area contributed by atoms with Crippen molar-refractivity contribution < 1.29 is 10.2 Å². The van der Waals surface area contributed by atoms with Crippen LogP contribution in [-0.4, -0.2) is 28.7 Å². The number of aliphatic hydroxyl groups is 2. The Balaban J connectivity index is 2.89. The van der Waals surface area contributed by atoms with Gasteiger partial charge in [0, 0.05) is 4.91 Å². The van der Waals surface area contributed by atoms with E-state index in [-0.39, 0.29) is 0 Å². The Kier molecular flexibility index (Phi) is 3.01. The molecule has 0 saturated carbocycles. The molecule has 2 N–H and O–H groups in total. The van der Waals surface area contributed by atoms with Crippen LogP contribution in [0.2, 0.25) is 0 Å². The molecule has 1 aliphatic carbocycles. The summed E-state index contributed by atoms with van der Waals surface area (Å²) in [5, 5.41) is 19.0. The SMILES string of the molecule is CSC1=C(Cl)C=C[C@H](O)[C@@H]1O. The highest BCUT2D eigenvalue weighted by Gasteiger charge is 2.23. The lowest BCUT2D eigenvalue weighted by Gasteiger charge is -2.20. The Morgan fingerprint density at radius 1 is 1.55 bits per heavy atom. The molecule has 0 bridgehead atoms. The second kappa shape index (κ2) is 3.63. The van der Waals surface area contributed by atoms with E-state index in [1.54, 1.807) is 6.08 Å². The van der Waals surface area contributed by atoms with Gasteiger partial charge in [-0.3, -0.25) is 0 Å². The first-order chi connectivity index (χ1) is 5.16. The van der Waals surface area contributed by atoms with Crippen LogP contribution in [0.1, 0.15) is 0 Å². The molecule has 0 aromatic carbocycles. The summed E-state index contributed by atoms with van der Waals surface area (Å²) in [6.45, 7) is 0. The van der Waals surface area contributed by atoms with Gasteiger partial charge in [0.25, 0.3) is 0 Å². The molecule has 1 rings (SSSR count). The Morgan fingerprint density at radius 3 is 2.64 bits per heavy atom. The zero-order chi connectivity index (χ0) is 8.43. The smallest absolute Gasteiger partial charge is 0.116 e. The molecule has 0 unspecified atom stereocenters. The van der Waals surface area contributed by atoms with E-state index < -0.39 is 12.2 Å². The van der Waals surface area contributed by atoms with Gasteiger partial charge in [0.2, 0.25) is 0 Å². The van der Waals surface area contributed by atoms with Crippen LogP contribution in [0.4, 0.5) is 0 Å². The Hall–Kier alpha value is 0.0400. The first-order valence-corrected chi connectivity index (χ1v) is 4.75. The van der Waals surface area contributed by atoms with Gasteiger partial charge in [-0.2, -0.15) is 0 Å². The highest BCUT2D eigenvalue weighted by molar-refractivity contribution is 8.02. The van der Waals surface area contributed by atoms with E-state index in [9.17, 15) is 5.11 Å². The number of hydrogen-bond acceptors (Lipinski definition) is 3. The first-order valence-electron chi connectivity index (χ1n) is 3.15. The van der Waals surface area contributed by atoms with Gasteiger partial charge in [-0.1, -0.05) is 17.7 Å². The number of halogens is 1. The van der Waals surface area contributed by atoms with Crippen molar-refractivity contribution in [2.75, 3.05) is 6.26 Å². The summed E-state index contributed by atoms with van der Waals surface area (Å²) in [5.74, 6) is 0. The minimum Gasteiger partial charge on any atom is -0.386 e. The number of rotatable bonds is 1. The third-order valence-electron chi connectivity index (χ3n) is 1.49. The standard InChI is InChI=1S/C7H9ClO2S/c1-11-7-4(8)2-3-5(9)6(7)10/h2-3,5-6,9-10H,1H3/t5-,6-/m0/s1. The molecule has 1 aliphatic rings. The molecule has 2 nitrogen and oxygen atoms in total. The number of aliphatic hydroxyl groups excluding tert-OH is 2. The predicted octanol–water partition coefficient (Wildman–Crippen LogP) is 1.09. The molecule has 0 aromatic heterocycles. The van der Waals surface area contributed by atoms with Crippen molar-refractivity contribution >= 4 is 23.4 Å². The lowest BCUT2D eigenvalue weighted by molar-refractivity contribution is 0.0767. The second-order valence-electron chi connectivity index (χ2n) is 2.21. The van der Waals surface area contributed by atoms with Crippen LogP contribution in [0, 0.1) is 0 Å². The van der Waals surface area contributed by atoms with E-state index >= 15 is 0 Å². The normalized spacial score (nSPS) is 31.3. The molecule has 0 fully saturated rings. The minimum atomic E-state index is -0.859. The molecule has 2 atom stereocenters. The molecule has 4 heteroatoms. The summed E-state index contributed by atoms with van der Waals surface area (Å²) < 4.78 is 0. The average molecular weight is 193 g/mol. The van der Waals surface area contributed by atoms with E-state index in [4.69, 9.17) is 16.7 Å². The van der Waals surface area contributed by atoms with Gasteiger partial charge in [0.1, 0.15) is 12.2 Å². The van der Waals surface area contributed by atoms with E-state index in [1.807, 2.05) is 6.26 Å². The molecule has 0 saturated heterocycles. The molecule has 0 aromatic rings. The summed E-state index contributed by atoms with van der Waals surface area (Å²) in [5.41, 5.74) is 0.